The highest BCUT2D eigenvalue weighted by molar-refractivity contribution is 6.03. The Balaban J connectivity index is 2.39. The number of nitrogens with zero attached hydrogens (tertiary/aromatic N) is 1. The quantitative estimate of drug-likeness (QED) is 0.632. The molecule has 0 radical (unpaired) electrons. The smallest absolute Gasteiger partial charge is 0.228 e. The molecule has 3 N–H and O–H groups in total. The van der Waals surface area contributed by atoms with Crippen molar-refractivity contribution in [3.63, 3.8) is 0 Å². The van der Waals surface area contributed by atoms with E-state index in [0.717, 1.165) is 0 Å². The Morgan fingerprint density at radius 3 is 2.45 bits per heavy atom. The van der Waals surface area contributed by atoms with E-state index in [0.29, 0.717) is 22.2 Å². The van der Waals surface area contributed by atoms with Gasteiger partial charge in [0.05, 0.1) is 11.2 Å². The van der Waals surface area contributed by atoms with Gasteiger partial charge in [-0.2, -0.15) is 5.23 Å². The number of carbonyl (C=O) groups excluding carboxylic acids is 1. The molecule has 1 atom stereocenters. The summed E-state index contributed by atoms with van der Waals surface area (Å²) < 4.78 is 1.34. The molecule has 0 saturated carbocycles. The van der Waals surface area contributed by atoms with Crippen LogP contribution in [-0.4, -0.2) is 20.8 Å². The van der Waals surface area contributed by atoms with Gasteiger partial charge >= 0.3 is 0 Å². The largest absolute Gasteiger partial charge is 0.595 e. The van der Waals surface area contributed by atoms with E-state index in [9.17, 15) is 15.1 Å². The van der Waals surface area contributed by atoms with E-state index in [-0.39, 0.29) is 17.3 Å². The van der Waals surface area contributed by atoms with E-state index in [1.165, 1.54) is 29.7 Å². The van der Waals surface area contributed by atoms with Crippen molar-refractivity contribution in [2.75, 3.05) is 0 Å². The molecular formula is C16H14N2O4. The SMILES string of the molecule is CC(=O)n1c(-c2ccccc2)c(O)c2ccc([NH+]([O-])O)cc21. The molecule has 0 spiro atoms. The van der Waals surface area contributed by atoms with Crippen LogP contribution in [0.2, 0.25) is 0 Å². The van der Waals surface area contributed by atoms with Gasteiger partial charge in [-0.05, 0) is 6.07 Å². The molecule has 0 fully saturated rings. The van der Waals surface area contributed by atoms with Gasteiger partial charge in [0.1, 0.15) is 5.75 Å². The Morgan fingerprint density at radius 1 is 1.18 bits per heavy atom. The van der Waals surface area contributed by atoms with E-state index in [1.807, 2.05) is 6.07 Å². The summed E-state index contributed by atoms with van der Waals surface area (Å²) in [6.45, 7) is 1.37. The number of nitrogens with one attached hydrogen (secondary N) is 1. The summed E-state index contributed by atoms with van der Waals surface area (Å²) in [7, 11) is 0. The van der Waals surface area contributed by atoms with E-state index in [1.54, 1.807) is 24.3 Å². The molecule has 3 rings (SSSR count). The maximum absolute atomic E-state index is 12.1. The molecule has 22 heavy (non-hydrogen) atoms. The number of aromatic hydroxyl groups is 1. The van der Waals surface area contributed by atoms with Crippen LogP contribution in [0.1, 0.15) is 11.7 Å². The molecule has 1 unspecified atom stereocenters. The Kier molecular flexibility index (Phi) is 3.42. The molecule has 2 aromatic carbocycles. The van der Waals surface area contributed by atoms with Crippen LogP contribution in [0, 0.1) is 5.21 Å². The third-order valence-electron chi connectivity index (χ3n) is 3.55. The number of rotatable bonds is 2. The van der Waals surface area contributed by atoms with Crippen LogP contribution < -0.4 is 5.23 Å². The van der Waals surface area contributed by atoms with Gasteiger partial charge in [0.15, 0.2) is 5.69 Å². The molecule has 0 aliphatic rings. The number of hydrogen-bond acceptors (Lipinski definition) is 4. The van der Waals surface area contributed by atoms with Crippen molar-refractivity contribution in [2.45, 2.75) is 6.92 Å². The molecule has 1 heterocycles. The molecule has 1 aromatic heterocycles. The number of hydrogen-bond donors (Lipinski definition) is 3. The third kappa shape index (κ3) is 2.15. The van der Waals surface area contributed by atoms with Crippen LogP contribution in [0.3, 0.4) is 0 Å². The van der Waals surface area contributed by atoms with Crippen molar-refractivity contribution in [2.24, 2.45) is 0 Å². The molecule has 0 aliphatic heterocycles. The van der Waals surface area contributed by atoms with Crippen LogP contribution in [-0.2, 0) is 0 Å². The minimum Gasteiger partial charge on any atom is -0.595 e. The van der Waals surface area contributed by atoms with Crippen molar-refractivity contribution < 1.29 is 20.3 Å². The van der Waals surface area contributed by atoms with Gasteiger partial charge in [-0.25, -0.2) is 5.21 Å². The van der Waals surface area contributed by atoms with Crippen molar-refractivity contribution in [3.8, 4) is 17.0 Å². The average molecular weight is 298 g/mol. The minimum absolute atomic E-state index is 0.0339. The van der Waals surface area contributed by atoms with Crippen molar-refractivity contribution in [1.29, 1.82) is 0 Å². The van der Waals surface area contributed by atoms with E-state index >= 15 is 0 Å². The van der Waals surface area contributed by atoms with Crippen LogP contribution in [0.15, 0.2) is 48.5 Å². The number of benzene rings is 2. The van der Waals surface area contributed by atoms with Gasteiger partial charge < -0.3 is 10.3 Å². The first-order chi connectivity index (χ1) is 10.5. The van der Waals surface area contributed by atoms with E-state index < -0.39 is 5.23 Å². The Hall–Kier alpha value is -2.67. The number of carbonyl (C=O) groups is 1. The number of quaternary nitrogens is 1. The van der Waals surface area contributed by atoms with Gasteiger partial charge in [-0.3, -0.25) is 9.36 Å². The van der Waals surface area contributed by atoms with Gasteiger partial charge in [0.25, 0.3) is 0 Å². The first kappa shape index (κ1) is 14.3. The highest BCUT2D eigenvalue weighted by Crippen LogP contribution is 2.39. The van der Waals surface area contributed by atoms with Gasteiger partial charge in [0.2, 0.25) is 5.91 Å². The fraction of sp³-hybridized carbons (Fsp3) is 0.0625. The molecule has 0 aliphatic carbocycles. The lowest BCUT2D eigenvalue weighted by Gasteiger charge is -2.12. The second-order valence-electron chi connectivity index (χ2n) is 4.95. The lowest BCUT2D eigenvalue weighted by atomic mass is 10.1. The normalized spacial score (nSPS) is 12.5. The van der Waals surface area contributed by atoms with Crippen molar-refractivity contribution in [1.82, 2.24) is 4.57 Å². The summed E-state index contributed by atoms with van der Waals surface area (Å²) in [4.78, 5) is 12.1. The molecule has 3 aromatic rings. The zero-order valence-corrected chi connectivity index (χ0v) is 11.8. The zero-order chi connectivity index (χ0) is 15.9. The first-order valence-corrected chi connectivity index (χ1v) is 6.67. The van der Waals surface area contributed by atoms with Crippen molar-refractivity contribution in [3.05, 3.63) is 53.7 Å². The van der Waals surface area contributed by atoms with Crippen LogP contribution in [0.25, 0.3) is 22.2 Å². The lowest BCUT2D eigenvalue weighted by Crippen LogP contribution is -2.99. The summed E-state index contributed by atoms with van der Waals surface area (Å²) in [6.07, 6.45) is 0. The Bertz CT molecular complexity index is 853. The highest BCUT2D eigenvalue weighted by Gasteiger charge is 2.21. The fourth-order valence-electron chi connectivity index (χ4n) is 2.59. The summed E-state index contributed by atoms with van der Waals surface area (Å²) in [5, 5.41) is 30.1. The summed E-state index contributed by atoms with van der Waals surface area (Å²) in [5.41, 5.74) is 1.49. The van der Waals surface area contributed by atoms with Crippen molar-refractivity contribution >= 4 is 22.5 Å². The maximum atomic E-state index is 12.1. The molecule has 0 amide bonds. The Morgan fingerprint density at radius 2 is 1.86 bits per heavy atom. The lowest BCUT2D eigenvalue weighted by molar-refractivity contribution is -0.991. The van der Waals surface area contributed by atoms with Crippen LogP contribution >= 0.6 is 0 Å². The Labute approximate surface area is 126 Å². The minimum atomic E-state index is -1.08. The second-order valence-corrected chi connectivity index (χ2v) is 4.95. The monoisotopic (exact) mass is 298 g/mol. The molecule has 112 valence electrons. The predicted molar refractivity (Wildman–Crippen MR) is 81.1 cm³/mol. The first-order valence-electron chi connectivity index (χ1n) is 6.67. The highest BCUT2D eigenvalue weighted by atomic mass is 16.8. The molecular weight excluding hydrogens is 284 g/mol. The molecule has 0 bridgehead atoms. The van der Waals surface area contributed by atoms with Gasteiger partial charge in [-0.15, -0.1) is 0 Å². The van der Waals surface area contributed by atoms with Crippen LogP contribution in [0.5, 0.6) is 5.75 Å². The third-order valence-corrected chi connectivity index (χ3v) is 3.55. The topological polar surface area (TPSA) is 90.0 Å². The van der Waals surface area contributed by atoms with Gasteiger partial charge in [0, 0.05) is 30.0 Å². The van der Waals surface area contributed by atoms with Crippen LogP contribution in [0.4, 0.5) is 5.69 Å². The predicted octanol–water partition coefficient (Wildman–Crippen LogP) is 2.08. The molecule has 6 nitrogen and oxygen atoms in total. The van der Waals surface area contributed by atoms with E-state index in [4.69, 9.17) is 5.21 Å². The van der Waals surface area contributed by atoms with E-state index in [2.05, 4.69) is 0 Å². The molecule has 6 heteroatoms. The molecule has 0 saturated heterocycles. The summed E-state index contributed by atoms with van der Waals surface area (Å²) >= 11 is 0. The summed E-state index contributed by atoms with van der Waals surface area (Å²) in [5.74, 6) is -0.333. The maximum Gasteiger partial charge on any atom is 0.228 e. The second kappa shape index (κ2) is 5.27. The zero-order valence-electron chi connectivity index (χ0n) is 11.8. The van der Waals surface area contributed by atoms with Gasteiger partial charge in [-0.1, -0.05) is 30.3 Å². The standard InChI is InChI=1S/C16H14N2O4/c1-10(19)17-14-9-12(18(21)22)7-8-13(14)16(20)15(17)11-5-3-2-4-6-11/h2-9,18,20-21H,1H3. The average Bonchev–Trinajstić information content (AvgIpc) is 2.80. The fourth-order valence-corrected chi connectivity index (χ4v) is 2.59. The number of fused-ring (bicyclic) bond motifs is 1. The number of aromatic nitrogens is 1. The summed E-state index contributed by atoms with van der Waals surface area (Å²) in [6, 6.07) is 13.3.